The fourth-order valence-electron chi connectivity index (χ4n) is 3.89. The van der Waals surface area contributed by atoms with Crippen LogP contribution in [0, 0.1) is 0 Å². The number of hydrogen-bond acceptors (Lipinski definition) is 6. The van der Waals surface area contributed by atoms with Crippen molar-refractivity contribution in [1.29, 1.82) is 0 Å². The first-order valence-electron chi connectivity index (χ1n) is 10.6. The summed E-state index contributed by atoms with van der Waals surface area (Å²) in [5.74, 6) is 0. The van der Waals surface area contributed by atoms with Crippen molar-refractivity contribution in [2.24, 2.45) is 0 Å². The largest absolute Gasteiger partial charge is 0.444 e. The van der Waals surface area contributed by atoms with Gasteiger partial charge >= 0.3 is 6.09 Å². The number of carbonyl (C=O) groups excluding carboxylic acids is 1. The van der Waals surface area contributed by atoms with Crippen LogP contribution in [-0.4, -0.2) is 85.2 Å². The Bertz CT molecular complexity index is 1020. The lowest BCUT2D eigenvalue weighted by atomic mass is 10.1. The standard InChI is InChI=1S/C22H30N6O3/c1-22(2,3)31-21(30)27-8-6-26(7-9-27)13-18(29)10-16-12-23-20-5-4-17(11-19(16)20)28-14-24-25-15-28/h4-5,11-12,14-15,18,23,29H,6-10,13H2,1-3H3. The van der Waals surface area contributed by atoms with E-state index in [2.05, 4.69) is 26.1 Å². The summed E-state index contributed by atoms with van der Waals surface area (Å²) < 4.78 is 7.30. The number of amides is 1. The van der Waals surface area contributed by atoms with E-state index in [0.717, 1.165) is 35.2 Å². The molecule has 0 radical (unpaired) electrons. The molecule has 1 atom stereocenters. The molecule has 4 rings (SSSR count). The van der Waals surface area contributed by atoms with Crippen LogP contribution in [0.5, 0.6) is 0 Å². The highest BCUT2D eigenvalue weighted by atomic mass is 16.6. The molecule has 1 unspecified atom stereocenters. The van der Waals surface area contributed by atoms with E-state index < -0.39 is 11.7 Å². The zero-order chi connectivity index (χ0) is 22.0. The van der Waals surface area contributed by atoms with Gasteiger partial charge in [0.15, 0.2) is 0 Å². The van der Waals surface area contributed by atoms with Crippen LogP contribution in [0.4, 0.5) is 4.79 Å². The number of rotatable bonds is 5. The van der Waals surface area contributed by atoms with Gasteiger partial charge in [-0.05, 0) is 44.5 Å². The van der Waals surface area contributed by atoms with Crippen LogP contribution in [0.2, 0.25) is 0 Å². The molecule has 0 spiro atoms. The van der Waals surface area contributed by atoms with Crippen LogP contribution in [0.1, 0.15) is 26.3 Å². The van der Waals surface area contributed by atoms with Gasteiger partial charge in [-0.1, -0.05) is 0 Å². The molecule has 2 aromatic heterocycles. The lowest BCUT2D eigenvalue weighted by Gasteiger charge is -2.36. The maximum atomic E-state index is 12.2. The van der Waals surface area contributed by atoms with Gasteiger partial charge in [-0.3, -0.25) is 9.47 Å². The van der Waals surface area contributed by atoms with Crippen molar-refractivity contribution in [3.8, 4) is 5.69 Å². The average Bonchev–Trinajstić information content (AvgIpc) is 3.37. The first kappa shape index (κ1) is 21.3. The molecule has 1 aliphatic rings. The minimum atomic E-state index is -0.495. The summed E-state index contributed by atoms with van der Waals surface area (Å²) in [7, 11) is 0. The van der Waals surface area contributed by atoms with Gasteiger partial charge in [0, 0.05) is 61.9 Å². The SMILES string of the molecule is CC(C)(C)OC(=O)N1CCN(CC(O)Cc2c[nH]c3ccc(-n4cnnc4)cc23)CC1. The van der Waals surface area contributed by atoms with Crippen LogP contribution in [0.25, 0.3) is 16.6 Å². The van der Waals surface area contributed by atoms with Gasteiger partial charge in [0.2, 0.25) is 0 Å². The van der Waals surface area contributed by atoms with Crippen molar-refractivity contribution in [1.82, 2.24) is 29.5 Å². The highest BCUT2D eigenvalue weighted by Gasteiger charge is 2.26. The van der Waals surface area contributed by atoms with E-state index in [-0.39, 0.29) is 6.09 Å². The van der Waals surface area contributed by atoms with E-state index in [0.29, 0.717) is 26.1 Å². The summed E-state index contributed by atoms with van der Waals surface area (Å²) in [6, 6.07) is 6.11. The summed E-state index contributed by atoms with van der Waals surface area (Å²) in [6.07, 6.45) is 5.08. The number of nitrogens with zero attached hydrogens (tertiary/aromatic N) is 5. The fourth-order valence-corrected chi connectivity index (χ4v) is 3.89. The Morgan fingerprint density at radius 3 is 2.58 bits per heavy atom. The van der Waals surface area contributed by atoms with Crippen LogP contribution < -0.4 is 0 Å². The molecule has 0 bridgehead atoms. The summed E-state index contributed by atoms with van der Waals surface area (Å²) in [6.45, 7) is 8.85. The Labute approximate surface area is 181 Å². The fraction of sp³-hybridized carbons (Fsp3) is 0.500. The molecular formula is C22H30N6O3. The third-order valence-corrected chi connectivity index (χ3v) is 5.42. The number of aliphatic hydroxyl groups excluding tert-OH is 1. The molecule has 3 heterocycles. The van der Waals surface area contributed by atoms with Gasteiger partial charge in [-0.2, -0.15) is 0 Å². The smallest absolute Gasteiger partial charge is 0.410 e. The second-order valence-electron chi connectivity index (χ2n) is 9.04. The van der Waals surface area contributed by atoms with Gasteiger partial charge in [-0.25, -0.2) is 4.79 Å². The number of H-pyrrole nitrogens is 1. The van der Waals surface area contributed by atoms with Crippen LogP contribution in [-0.2, 0) is 11.2 Å². The zero-order valence-electron chi connectivity index (χ0n) is 18.3. The molecule has 2 N–H and O–H groups in total. The highest BCUT2D eigenvalue weighted by molar-refractivity contribution is 5.85. The molecule has 0 saturated carbocycles. The summed E-state index contributed by atoms with van der Waals surface area (Å²) in [5, 5.41) is 19.5. The first-order valence-corrected chi connectivity index (χ1v) is 10.6. The summed E-state index contributed by atoms with van der Waals surface area (Å²) in [5.41, 5.74) is 2.60. The van der Waals surface area contributed by atoms with Gasteiger partial charge in [0.25, 0.3) is 0 Å². The van der Waals surface area contributed by atoms with E-state index in [9.17, 15) is 9.90 Å². The number of carbonyl (C=O) groups is 1. The molecule has 0 aliphatic carbocycles. The monoisotopic (exact) mass is 426 g/mol. The Kier molecular flexibility index (Phi) is 5.97. The second kappa shape index (κ2) is 8.68. The highest BCUT2D eigenvalue weighted by Crippen LogP contribution is 2.23. The number of aromatic nitrogens is 4. The average molecular weight is 427 g/mol. The predicted octanol–water partition coefficient (Wildman–Crippen LogP) is 2.20. The van der Waals surface area contributed by atoms with Gasteiger partial charge < -0.3 is 19.7 Å². The molecule has 31 heavy (non-hydrogen) atoms. The van der Waals surface area contributed by atoms with Gasteiger partial charge in [0.1, 0.15) is 18.3 Å². The van der Waals surface area contributed by atoms with Crippen molar-refractivity contribution < 1.29 is 14.6 Å². The Morgan fingerprint density at radius 1 is 1.19 bits per heavy atom. The Balaban J connectivity index is 1.33. The van der Waals surface area contributed by atoms with Gasteiger partial charge in [-0.15, -0.1) is 10.2 Å². The maximum absolute atomic E-state index is 12.2. The molecule has 1 aromatic carbocycles. The number of fused-ring (bicyclic) bond motifs is 1. The van der Waals surface area contributed by atoms with Crippen molar-refractivity contribution in [3.05, 3.63) is 42.6 Å². The van der Waals surface area contributed by atoms with E-state index in [4.69, 9.17) is 4.74 Å². The molecule has 1 fully saturated rings. The molecule has 1 saturated heterocycles. The third-order valence-electron chi connectivity index (χ3n) is 5.42. The van der Waals surface area contributed by atoms with E-state index in [1.54, 1.807) is 17.6 Å². The van der Waals surface area contributed by atoms with E-state index >= 15 is 0 Å². The first-order chi connectivity index (χ1) is 14.8. The van der Waals surface area contributed by atoms with Crippen LogP contribution in [0.15, 0.2) is 37.1 Å². The molecule has 3 aromatic rings. The maximum Gasteiger partial charge on any atom is 0.410 e. The number of piperazine rings is 1. The number of aliphatic hydroxyl groups is 1. The molecular weight excluding hydrogens is 396 g/mol. The van der Waals surface area contributed by atoms with Crippen LogP contribution >= 0.6 is 0 Å². The molecule has 1 amide bonds. The number of hydrogen-bond donors (Lipinski definition) is 2. The Morgan fingerprint density at radius 2 is 1.90 bits per heavy atom. The van der Waals surface area contributed by atoms with E-state index in [1.165, 1.54) is 0 Å². The van der Waals surface area contributed by atoms with Crippen LogP contribution in [0.3, 0.4) is 0 Å². The molecule has 9 heteroatoms. The number of benzene rings is 1. The minimum Gasteiger partial charge on any atom is -0.444 e. The normalized spacial score (nSPS) is 16.6. The molecule has 9 nitrogen and oxygen atoms in total. The minimum absolute atomic E-state index is 0.268. The summed E-state index contributed by atoms with van der Waals surface area (Å²) >= 11 is 0. The van der Waals surface area contributed by atoms with Crippen molar-refractivity contribution >= 4 is 17.0 Å². The number of β-amino-alcohol motifs (C(OH)–C–C–N with tert-alkyl or cyclic N) is 1. The van der Waals surface area contributed by atoms with Crippen molar-refractivity contribution in [3.63, 3.8) is 0 Å². The molecule has 1 aliphatic heterocycles. The topological polar surface area (TPSA) is 99.5 Å². The van der Waals surface area contributed by atoms with Gasteiger partial charge in [0.05, 0.1) is 6.10 Å². The zero-order valence-corrected chi connectivity index (χ0v) is 18.3. The lowest BCUT2D eigenvalue weighted by molar-refractivity contribution is 0.0103. The quantitative estimate of drug-likeness (QED) is 0.649. The third kappa shape index (κ3) is 5.23. The number of ether oxygens (including phenoxy) is 1. The van der Waals surface area contributed by atoms with E-state index in [1.807, 2.05) is 43.7 Å². The predicted molar refractivity (Wildman–Crippen MR) is 117 cm³/mol. The lowest BCUT2D eigenvalue weighted by Crippen LogP contribution is -2.51. The molecule has 166 valence electrons. The van der Waals surface area contributed by atoms with Crippen molar-refractivity contribution in [2.75, 3.05) is 32.7 Å². The van der Waals surface area contributed by atoms with Crippen molar-refractivity contribution in [2.45, 2.75) is 38.9 Å². The Hall–Kier alpha value is -2.91. The second-order valence-corrected chi connectivity index (χ2v) is 9.04. The number of nitrogens with one attached hydrogen (secondary N) is 1. The number of aromatic amines is 1. The summed E-state index contributed by atoms with van der Waals surface area (Å²) in [4.78, 5) is 19.4.